The molecular formula is C15H31NO. The predicted molar refractivity (Wildman–Crippen MR) is 74.2 cm³/mol. The second-order valence-corrected chi connectivity index (χ2v) is 5.70. The average molecular weight is 241 g/mol. The van der Waals surface area contributed by atoms with Gasteiger partial charge in [0.05, 0.1) is 0 Å². The van der Waals surface area contributed by atoms with Gasteiger partial charge in [-0.15, -0.1) is 0 Å². The zero-order valence-corrected chi connectivity index (χ0v) is 11.7. The van der Waals surface area contributed by atoms with E-state index >= 15 is 0 Å². The van der Waals surface area contributed by atoms with Crippen molar-refractivity contribution in [3.63, 3.8) is 0 Å². The van der Waals surface area contributed by atoms with E-state index in [0.29, 0.717) is 0 Å². The lowest BCUT2D eigenvalue weighted by Crippen LogP contribution is -2.44. The van der Waals surface area contributed by atoms with Crippen LogP contribution in [0.2, 0.25) is 0 Å². The van der Waals surface area contributed by atoms with Crippen LogP contribution >= 0.6 is 0 Å². The highest BCUT2D eigenvalue weighted by atomic mass is 16.5. The Balaban J connectivity index is 1.89. The van der Waals surface area contributed by atoms with E-state index in [9.17, 15) is 0 Å². The number of nitrogens with two attached hydrogens (primary N) is 1. The van der Waals surface area contributed by atoms with Gasteiger partial charge in [0.1, 0.15) is 0 Å². The highest BCUT2D eigenvalue weighted by Gasteiger charge is 2.26. The maximum Gasteiger partial charge on any atom is 0.0483 e. The van der Waals surface area contributed by atoms with Gasteiger partial charge in [-0.1, -0.05) is 58.3 Å². The summed E-state index contributed by atoms with van der Waals surface area (Å²) >= 11 is 0. The van der Waals surface area contributed by atoms with E-state index in [-0.39, 0.29) is 5.54 Å². The van der Waals surface area contributed by atoms with Crippen LogP contribution in [0.25, 0.3) is 0 Å². The van der Waals surface area contributed by atoms with Crippen LogP contribution in [0.5, 0.6) is 0 Å². The Hall–Kier alpha value is -0.0800. The van der Waals surface area contributed by atoms with Gasteiger partial charge in [0, 0.05) is 18.8 Å². The molecule has 0 amide bonds. The standard InChI is InChI=1S/C15H31NO/c1-2-3-4-5-6-7-8-9-10-15(16)11-13-17-14-12-15/h2-14,16H2,1H3. The van der Waals surface area contributed by atoms with Crippen LogP contribution in [0.3, 0.4) is 0 Å². The first-order valence-corrected chi connectivity index (χ1v) is 7.63. The molecule has 1 saturated heterocycles. The minimum absolute atomic E-state index is 0.0977. The van der Waals surface area contributed by atoms with Crippen molar-refractivity contribution in [3.05, 3.63) is 0 Å². The summed E-state index contributed by atoms with van der Waals surface area (Å²) in [6.07, 6.45) is 14.4. The summed E-state index contributed by atoms with van der Waals surface area (Å²) in [4.78, 5) is 0. The maximum absolute atomic E-state index is 6.36. The average Bonchev–Trinajstić information content (AvgIpc) is 2.33. The monoisotopic (exact) mass is 241 g/mol. The van der Waals surface area contributed by atoms with E-state index in [1.807, 2.05) is 0 Å². The third-order valence-corrected chi connectivity index (χ3v) is 4.02. The first kappa shape index (κ1) is 15.0. The van der Waals surface area contributed by atoms with Crippen LogP contribution in [0.15, 0.2) is 0 Å². The molecule has 102 valence electrons. The van der Waals surface area contributed by atoms with Gasteiger partial charge in [0.2, 0.25) is 0 Å². The molecule has 0 aliphatic carbocycles. The van der Waals surface area contributed by atoms with Gasteiger partial charge >= 0.3 is 0 Å². The third kappa shape index (κ3) is 7.05. The summed E-state index contributed by atoms with van der Waals surface area (Å²) in [7, 11) is 0. The summed E-state index contributed by atoms with van der Waals surface area (Å²) in [5, 5.41) is 0. The van der Waals surface area contributed by atoms with Crippen LogP contribution in [0.4, 0.5) is 0 Å². The Bertz CT molecular complexity index is 176. The number of hydrogen-bond donors (Lipinski definition) is 1. The molecule has 1 fully saturated rings. The molecule has 0 aromatic heterocycles. The third-order valence-electron chi connectivity index (χ3n) is 4.02. The first-order valence-electron chi connectivity index (χ1n) is 7.63. The summed E-state index contributed by atoms with van der Waals surface area (Å²) in [6, 6.07) is 0. The Labute approximate surface area is 107 Å². The predicted octanol–water partition coefficient (Wildman–Crippen LogP) is 4.03. The minimum Gasteiger partial charge on any atom is -0.381 e. The zero-order valence-electron chi connectivity index (χ0n) is 11.7. The van der Waals surface area contributed by atoms with Gasteiger partial charge in [-0.05, 0) is 19.3 Å². The van der Waals surface area contributed by atoms with Gasteiger partial charge < -0.3 is 10.5 Å². The molecule has 2 heteroatoms. The number of hydrogen-bond acceptors (Lipinski definition) is 2. The van der Waals surface area contributed by atoms with E-state index in [1.54, 1.807) is 0 Å². The Morgan fingerprint density at radius 3 is 2.00 bits per heavy atom. The lowest BCUT2D eigenvalue weighted by molar-refractivity contribution is 0.0493. The number of rotatable bonds is 9. The fourth-order valence-electron chi connectivity index (χ4n) is 2.64. The lowest BCUT2D eigenvalue weighted by Gasteiger charge is -2.33. The topological polar surface area (TPSA) is 35.2 Å². The normalized spacial score (nSPS) is 19.4. The van der Waals surface area contributed by atoms with Crippen LogP contribution in [0, 0.1) is 0 Å². The van der Waals surface area contributed by atoms with Crippen molar-refractivity contribution >= 4 is 0 Å². The van der Waals surface area contributed by atoms with Crippen molar-refractivity contribution in [2.24, 2.45) is 5.73 Å². The fraction of sp³-hybridized carbons (Fsp3) is 1.00. The molecule has 2 nitrogen and oxygen atoms in total. The minimum atomic E-state index is 0.0977. The van der Waals surface area contributed by atoms with Gasteiger partial charge in [0.15, 0.2) is 0 Å². The highest BCUT2D eigenvalue weighted by Crippen LogP contribution is 2.24. The molecule has 0 spiro atoms. The van der Waals surface area contributed by atoms with Crippen molar-refractivity contribution in [3.8, 4) is 0 Å². The van der Waals surface area contributed by atoms with E-state index in [2.05, 4.69) is 6.92 Å². The van der Waals surface area contributed by atoms with Crippen molar-refractivity contribution in [2.45, 2.75) is 83.1 Å². The molecule has 0 unspecified atom stereocenters. The van der Waals surface area contributed by atoms with E-state index < -0.39 is 0 Å². The molecule has 0 aromatic carbocycles. The molecule has 17 heavy (non-hydrogen) atoms. The first-order chi connectivity index (χ1) is 8.27. The summed E-state index contributed by atoms with van der Waals surface area (Å²) in [5.41, 5.74) is 6.46. The molecule has 1 aliphatic rings. The molecular weight excluding hydrogens is 210 g/mol. The molecule has 0 atom stereocenters. The van der Waals surface area contributed by atoms with Crippen molar-refractivity contribution in [1.29, 1.82) is 0 Å². The van der Waals surface area contributed by atoms with Crippen molar-refractivity contribution < 1.29 is 4.74 Å². The van der Waals surface area contributed by atoms with Gasteiger partial charge in [-0.3, -0.25) is 0 Å². The number of ether oxygens (including phenoxy) is 1. The summed E-state index contributed by atoms with van der Waals surface area (Å²) in [6.45, 7) is 4.01. The zero-order chi connectivity index (χ0) is 12.4. The van der Waals surface area contributed by atoms with Crippen molar-refractivity contribution in [1.82, 2.24) is 0 Å². The quantitative estimate of drug-likeness (QED) is 0.619. The molecule has 1 aliphatic heterocycles. The van der Waals surface area contributed by atoms with E-state index in [0.717, 1.165) is 26.1 Å². The van der Waals surface area contributed by atoms with E-state index in [4.69, 9.17) is 10.5 Å². The Kier molecular flexibility index (Phi) is 7.87. The van der Waals surface area contributed by atoms with Crippen LogP contribution in [0.1, 0.15) is 77.6 Å². The SMILES string of the molecule is CCCCCCCCCCC1(N)CCOCC1. The largest absolute Gasteiger partial charge is 0.381 e. The number of unbranched alkanes of at least 4 members (excludes halogenated alkanes) is 7. The van der Waals surface area contributed by atoms with Gasteiger partial charge in [-0.25, -0.2) is 0 Å². The Morgan fingerprint density at radius 2 is 1.41 bits per heavy atom. The Morgan fingerprint density at radius 1 is 0.882 bits per heavy atom. The van der Waals surface area contributed by atoms with Crippen LogP contribution in [-0.4, -0.2) is 18.8 Å². The van der Waals surface area contributed by atoms with Crippen molar-refractivity contribution in [2.75, 3.05) is 13.2 Å². The lowest BCUT2D eigenvalue weighted by atomic mass is 9.86. The van der Waals surface area contributed by atoms with Crippen LogP contribution < -0.4 is 5.73 Å². The van der Waals surface area contributed by atoms with Crippen LogP contribution in [-0.2, 0) is 4.74 Å². The molecule has 1 heterocycles. The summed E-state index contributed by atoms with van der Waals surface area (Å²) < 4.78 is 5.37. The summed E-state index contributed by atoms with van der Waals surface area (Å²) in [5.74, 6) is 0. The molecule has 0 radical (unpaired) electrons. The molecule has 2 N–H and O–H groups in total. The maximum atomic E-state index is 6.36. The highest BCUT2D eigenvalue weighted by molar-refractivity contribution is 4.85. The second-order valence-electron chi connectivity index (χ2n) is 5.70. The fourth-order valence-corrected chi connectivity index (χ4v) is 2.64. The van der Waals surface area contributed by atoms with E-state index in [1.165, 1.54) is 57.8 Å². The second kappa shape index (κ2) is 8.93. The smallest absolute Gasteiger partial charge is 0.0483 e. The molecule has 0 aromatic rings. The molecule has 0 bridgehead atoms. The van der Waals surface area contributed by atoms with Gasteiger partial charge in [-0.2, -0.15) is 0 Å². The molecule has 0 saturated carbocycles. The molecule has 1 rings (SSSR count). The van der Waals surface area contributed by atoms with Gasteiger partial charge in [0.25, 0.3) is 0 Å².